The van der Waals surface area contributed by atoms with Gasteiger partial charge in [0.2, 0.25) is 5.91 Å². The van der Waals surface area contributed by atoms with Crippen LogP contribution in [0.3, 0.4) is 0 Å². The molecule has 1 aliphatic heterocycles. The summed E-state index contributed by atoms with van der Waals surface area (Å²) in [5.74, 6) is -0.0793. The van der Waals surface area contributed by atoms with Crippen LogP contribution in [0, 0.1) is 11.3 Å². The van der Waals surface area contributed by atoms with Crippen LogP contribution in [0.2, 0.25) is 0 Å². The summed E-state index contributed by atoms with van der Waals surface area (Å²) in [5.41, 5.74) is 0.553. The van der Waals surface area contributed by atoms with E-state index in [9.17, 15) is 9.59 Å². The normalized spacial score (nSPS) is 19.6. The van der Waals surface area contributed by atoms with Crippen molar-refractivity contribution >= 4 is 43.7 Å². The third kappa shape index (κ3) is 3.31. The van der Waals surface area contributed by atoms with Gasteiger partial charge in [-0.25, -0.2) is 0 Å². The summed E-state index contributed by atoms with van der Waals surface area (Å²) in [7, 11) is 0. The highest BCUT2D eigenvalue weighted by Crippen LogP contribution is 2.35. The Hall–Kier alpha value is -0.680. The largest absolute Gasteiger partial charge is 0.278 e. The number of hydrogen-bond acceptors (Lipinski definition) is 2. The molecule has 1 aromatic carbocycles. The van der Waals surface area contributed by atoms with Crippen LogP contribution in [0.5, 0.6) is 0 Å². The average molecular weight is 403 g/mol. The lowest BCUT2D eigenvalue weighted by atomic mass is 9.80. The minimum Gasteiger partial charge on any atom is -0.278 e. The lowest BCUT2D eigenvalue weighted by molar-refractivity contribution is -0.125. The van der Waals surface area contributed by atoms with Crippen LogP contribution in [-0.2, 0) is 4.79 Å². The standard InChI is InChI=1S/C15H17Br2NO2/c1-15(2,3)10-6-13(19)18(8-10)14(20)9-4-11(16)7-12(17)5-9/h4-5,7,10H,6,8H2,1-3H3. The van der Waals surface area contributed by atoms with Crippen molar-refractivity contribution in [2.45, 2.75) is 27.2 Å². The number of imide groups is 1. The maximum atomic E-state index is 12.5. The molecular weight excluding hydrogens is 386 g/mol. The van der Waals surface area contributed by atoms with Gasteiger partial charge in [-0.15, -0.1) is 0 Å². The quantitative estimate of drug-likeness (QED) is 0.658. The number of amides is 2. The molecule has 0 spiro atoms. The van der Waals surface area contributed by atoms with Gasteiger partial charge in [0.25, 0.3) is 5.91 Å². The van der Waals surface area contributed by atoms with Crippen molar-refractivity contribution in [3.63, 3.8) is 0 Å². The zero-order chi connectivity index (χ0) is 15.1. The third-order valence-electron chi connectivity index (χ3n) is 3.70. The zero-order valence-electron chi connectivity index (χ0n) is 11.7. The van der Waals surface area contributed by atoms with E-state index in [0.29, 0.717) is 18.5 Å². The summed E-state index contributed by atoms with van der Waals surface area (Å²) in [5, 5.41) is 0. The average Bonchev–Trinajstić information content (AvgIpc) is 2.69. The van der Waals surface area contributed by atoms with E-state index in [0.717, 1.165) is 8.95 Å². The fraction of sp³-hybridized carbons (Fsp3) is 0.467. The van der Waals surface area contributed by atoms with Gasteiger partial charge in [0.15, 0.2) is 0 Å². The molecule has 1 aromatic rings. The molecule has 1 saturated heterocycles. The molecule has 0 saturated carbocycles. The second-order valence-electron chi connectivity index (χ2n) is 6.23. The van der Waals surface area contributed by atoms with Crippen LogP contribution in [0.4, 0.5) is 0 Å². The van der Waals surface area contributed by atoms with E-state index in [2.05, 4.69) is 52.6 Å². The van der Waals surface area contributed by atoms with Gasteiger partial charge >= 0.3 is 0 Å². The van der Waals surface area contributed by atoms with Gasteiger partial charge in [-0.2, -0.15) is 0 Å². The first kappa shape index (κ1) is 15.7. The van der Waals surface area contributed by atoms with Crippen molar-refractivity contribution in [2.75, 3.05) is 6.54 Å². The number of likely N-dealkylation sites (tertiary alicyclic amines) is 1. The molecule has 1 atom stereocenters. The molecule has 1 fully saturated rings. The summed E-state index contributed by atoms with van der Waals surface area (Å²) in [6, 6.07) is 5.34. The number of nitrogens with zero attached hydrogens (tertiary/aromatic N) is 1. The molecule has 1 aliphatic rings. The molecule has 3 nitrogen and oxygen atoms in total. The molecule has 2 amide bonds. The van der Waals surface area contributed by atoms with Gasteiger partial charge in [0.05, 0.1) is 0 Å². The number of halogens is 2. The number of hydrogen-bond donors (Lipinski definition) is 0. The third-order valence-corrected chi connectivity index (χ3v) is 4.62. The van der Waals surface area contributed by atoms with Crippen molar-refractivity contribution < 1.29 is 9.59 Å². The number of carbonyl (C=O) groups excluding carboxylic acids is 2. The van der Waals surface area contributed by atoms with Crippen molar-refractivity contribution in [3.05, 3.63) is 32.7 Å². The molecule has 20 heavy (non-hydrogen) atoms. The molecule has 1 unspecified atom stereocenters. The SMILES string of the molecule is CC(C)(C)C1CC(=O)N(C(=O)c2cc(Br)cc(Br)c2)C1. The van der Waals surface area contributed by atoms with Crippen molar-refractivity contribution in [3.8, 4) is 0 Å². The van der Waals surface area contributed by atoms with Gasteiger partial charge in [-0.1, -0.05) is 52.6 Å². The monoisotopic (exact) mass is 401 g/mol. The Balaban J connectivity index is 2.24. The zero-order valence-corrected chi connectivity index (χ0v) is 14.9. The van der Waals surface area contributed by atoms with Crippen LogP contribution in [0.25, 0.3) is 0 Å². The summed E-state index contributed by atoms with van der Waals surface area (Å²) in [4.78, 5) is 26.0. The highest BCUT2D eigenvalue weighted by atomic mass is 79.9. The van der Waals surface area contributed by atoms with Crippen LogP contribution in [0.1, 0.15) is 37.6 Å². The topological polar surface area (TPSA) is 37.4 Å². The van der Waals surface area contributed by atoms with Crippen LogP contribution in [0.15, 0.2) is 27.1 Å². The van der Waals surface area contributed by atoms with E-state index < -0.39 is 0 Å². The Bertz CT molecular complexity index is 543. The van der Waals surface area contributed by atoms with Gasteiger partial charge in [-0.3, -0.25) is 14.5 Å². The Morgan fingerprint density at radius 1 is 1.20 bits per heavy atom. The maximum absolute atomic E-state index is 12.5. The molecule has 2 rings (SSSR count). The fourth-order valence-electron chi connectivity index (χ4n) is 2.32. The van der Waals surface area contributed by atoms with Crippen LogP contribution >= 0.6 is 31.9 Å². The Kier molecular flexibility index (Phi) is 4.40. The molecule has 1 heterocycles. The van der Waals surface area contributed by atoms with Crippen molar-refractivity contribution in [1.82, 2.24) is 4.90 Å². The molecule has 108 valence electrons. The van der Waals surface area contributed by atoms with Gasteiger partial charge < -0.3 is 0 Å². The number of rotatable bonds is 1. The molecule has 0 radical (unpaired) electrons. The maximum Gasteiger partial charge on any atom is 0.260 e. The van der Waals surface area contributed by atoms with E-state index in [1.165, 1.54) is 4.90 Å². The smallest absolute Gasteiger partial charge is 0.260 e. The van der Waals surface area contributed by atoms with Crippen molar-refractivity contribution in [1.29, 1.82) is 0 Å². The molecule has 5 heteroatoms. The van der Waals surface area contributed by atoms with Gasteiger partial charge in [0.1, 0.15) is 0 Å². The van der Waals surface area contributed by atoms with E-state index in [-0.39, 0.29) is 23.1 Å². The fourth-order valence-corrected chi connectivity index (χ4v) is 3.61. The first-order chi connectivity index (χ1) is 9.18. The lowest BCUT2D eigenvalue weighted by Gasteiger charge is -2.26. The Morgan fingerprint density at radius 2 is 1.75 bits per heavy atom. The lowest BCUT2D eigenvalue weighted by Crippen LogP contribution is -2.33. The predicted molar refractivity (Wildman–Crippen MR) is 85.4 cm³/mol. The first-order valence-electron chi connectivity index (χ1n) is 6.49. The first-order valence-corrected chi connectivity index (χ1v) is 8.08. The predicted octanol–water partition coefficient (Wildman–Crippen LogP) is 4.25. The van der Waals surface area contributed by atoms with Crippen molar-refractivity contribution in [2.24, 2.45) is 11.3 Å². The molecule has 0 aromatic heterocycles. The minimum atomic E-state index is -0.219. The summed E-state index contributed by atoms with van der Waals surface area (Å²) in [6.45, 7) is 6.82. The molecular formula is C15H17Br2NO2. The second-order valence-corrected chi connectivity index (χ2v) is 8.07. The van der Waals surface area contributed by atoms with Crippen LogP contribution in [-0.4, -0.2) is 23.3 Å². The molecule has 0 bridgehead atoms. The highest BCUT2D eigenvalue weighted by Gasteiger charge is 2.39. The minimum absolute atomic E-state index is 0.0303. The van der Waals surface area contributed by atoms with Gasteiger partial charge in [-0.05, 0) is 29.5 Å². The second kappa shape index (κ2) is 5.60. The van der Waals surface area contributed by atoms with E-state index in [1.54, 1.807) is 12.1 Å². The highest BCUT2D eigenvalue weighted by molar-refractivity contribution is 9.11. The summed E-state index contributed by atoms with van der Waals surface area (Å²) < 4.78 is 1.63. The van der Waals surface area contributed by atoms with Crippen LogP contribution < -0.4 is 0 Å². The number of carbonyl (C=O) groups is 2. The molecule has 0 aliphatic carbocycles. The Morgan fingerprint density at radius 3 is 2.20 bits per heavy atom. The number of benzene rings is 1. The van der Waals surface area contributed by atoms with E-state index in [1.807, 2.05) is 6.07 Å². The molecule has 0 N–H and O–H groups in total. The van der Waals surface area contributed by atoms with E-state index in [4.69, 9.17) is 0 Å². The summed E-state index contributed by atoms with van der Waals surface area (Å²) >= 11 is 6.73. The Labute approximate surface area is 136 Å². The van der Waals surface area contributed by atoms with Gasteiger partial charge in [0, 0.05) is 27.5 Å². The summed E-state index contributed by atoms with van der Waals surface area (Å²) in [6.07, 6.45) is 0.449. The van der Waals surface area contributed by atoms with E-state index >= 15 is 0 Å².